The van der Waals surface area contributed by atoms with Gasteiger partial charge >= 0.3 is 0 Å². The SMILES string of the molecule is NCC1(C(O)c2ccc(Cl)s2)CCCOC1. The minimum absolute atomic E-state index is 0.341. The summed E-state index contributed by atoms with van der Waals surface area (Å²) in [5.41, 5.74) is 5.47. The van der Waals surface area contributed by atoms with Crippen LogP contribution in [0.2, 0.25) is 4.34 Å². The van der Waals surface area contributed by atoms with Gasteiger partial charge in [-0.1, -0.05) is 11.6 Å². The van der Waals surface area contributed by atoms with E-state index in [0.29, 0.717) is 17.5 Å². The third kappa shape index (κ3) is 2.26. The fourth-order valence-electron chi connectivity index (χ4n) is 2.14. The van der Waals surface area contributed by atoms with Crippen molar-refractivity contribution in [3.63, 3.8) is 0 Å². The minimum Gasteiger partial charge on any atom is -0.387 e. The second-order valence-electron chi connectivity index (χ2n) is 4.27. The van der Waals surface area contributed by atoms with Crippen molar-refractivity contribution in [3.8, 4) is 0 Å². The van der Waals surface area contributed by atoms with Crippen molar-refractivity contribution in [3.05, 3.63) is 21.3 Å². The molecular formula is C11H16ClNO2S. The maximum Gasteiger partial charge on any atom is 0.0972 e. The molecule has 0 radical (unpaired) electrons. The van der Waals surface area contributed by atoms with Crippen LogP contribution in [0.1, 0.15) is 23.8 Å². The number of nitrogens with two attached hydrogens (primary N) is 1. The third-order valence-electron chi connectivity index (χ3n) is 3.20. The van der Waals surface area contributed by atoms with Gasteiger partial charge in [0.05, 0.1) is 17.0 Å². The fraction of sp³-hybridized carbons (Fsp3) is 0.636. The standard InChI is InChI=1S/C11H16ClNO2S/c12-9-3-2-8(16-9)10(14)11(6-13)4-1-5-15-7-11/h2-3,10,14H,1,4-7,13H2. The summed E-state index contributed by atoms with van der Waals surface area (Å²) in [7, 11) is 0. The number of rotatable bonds is 3. The van der Waals surface area contributed by atoms with Gasteiger partial charge in [-0.25, -0.2) is 0 Å². The number of thiophene rings is 1. The van der Waals surface area contributed by atoms with Crippen molar-refractivity contribution in [2.75, 3.05) is 19.8 Å². The summed E-state index contributed by atoms with van der Waals surface area (Å²) in [5, 5.41) is 10.4. The van der Waals surface area contributed by atoms with Crippen molar-refractivity contribution in [1.82, 2.24) is 0 Å². The maximum absolute atomic E-state index is 10.4. The van der Waals surface area contributed by atoms with Crippen molar-refractivity contribution in [1.29, 1.82) is 0 Å². The zero-order valence-electron chi connectivity index (χ0n) is 8.99. The monoisotopic (exact) mass is 261 g/mol. The lowest BCUT2D eigenvalue weighted by Crippen LogP contribution is -2.43. The predicted octanol–water partition coefficient (Wildman–Crippen LogP) is 2.19. The van der Waals surface area contributed by atoms with Crippen LogP contribution in [0.3, 0.4) is 0 Å². The Morgan fingerprint density at radius 2 is 2.44 bits per heavy atom. The summed E-state index contributed by atoms with van der Waals surface area (Å²) in [6.45, 7) is 1.73. The topological polar surface area (TPSA) is 55.5 Å². The Kier molecular flexibility index (Phi) is 3.87. The highest BCUT2D eigenvalue weighted by Crippen LogP contribution is 2.42. The molecule has 16 heavy (non-hydrogen) atoms. The van der Waals surface area contributed by atoms with Crippen LogP contribution in [0.25, 0.3) is 0 Å². The van der Waals surface area contributed by atoms with Crippen LogP contribution >= 0.6 is 22.9 Å². The summed E-state index contributed by atoms with van der Waals surface area (Å²) >= 11 is 7.28. The van der Waals surface area contributed by atoms with Crippen LogP contribution in [0.4, 0.5) is 0 Å². The van der Waals surface area contributed by atoms with Crippen LogP contribution in [0, 0.1) is 5.41 Å². The van der Waals surface area contributed by atoms with Crippen LogP contribution in [0.15, 0.2) is 12.1 Å². The molecule has 0 amide bonds. The third-order valence-corrected chi connectivity index (χ3v) is 4.49. The Labute approximate surface area is 104 Å². The molecule has 1 saturated heterocycles. The van der Waals surface area contributed by atoms with E-state index in [1.807, 2.05) is 6.07 Å². The normalized spacial score (nSPS) is 27.9. The van der Waals surface area contributed by atoms with E-state index in [4.69, 9.17) is 22.1 Å². The molecule has 0 spiro atoms. The first-order valence-electron chi connectivity index (χ1n) is 5.39. The van der Waals surface area contributed by atoms with E-state index in [0.717, 1.165) is 24.3 Å². The summed E-state index contributed by atoms with van der Waals surface area (Å²) in [4.78, 5) is 0.876. The molecule has 1 aliphatic heterocycles. The number of halogens is 1. The highest BCUT2D eigenvalue weighted by molar-refractivity contribution is 7.16. The summed E-state index contributed by atoms with van der Waals surface area (Å²) in [6.07, 6.45) is 1.28. The Morgan fingerprint density at radius 1 is 1.62 bits per heavy atom. The molecule has 5 heteroatoms. The average molecular weight is 262 g/mol. The predicted molar refractivity (Wildman–Crippen MR) is 65.8 cm³/mol. The van der Waals surface area contributed by atoms with Crippen LogP contribution in [0.5, 0.6) is 0 Å². The van der Waals surface area contributed by atoms with E-state index in [1.165, 1.54) is 11.3 Å². The zero-order valence-corrected chi connectivity index (χ0v) is 10.6. The zero-order chi connectivity index (χ0) is 11.6. The molecule has 0 aliphatic carbocycles. The van der Waals surface area contributed by atoms with Gasteiger partial charge in [-0.05, 0) is 25.0 Å². The largest absolute Gasteiger partial charge is 0.387 e. The van der Waals surface area contributed by atoms with E-state index >= 15 is 0 Å². The Bertz CT molecular complexity index is 350. The molecule has 2 rings (SSSR count). The molecule has 3 nitrogen and oxygen atoms in total. The smallest absolute Gasteiger partial charge is 0.0972 e. The number of aliphatic hydroxyl groups excluding tert-OH is 1. The van der Waals surface area contributed by atoms with E-state index < -0.39 is 6.10 Å². The lowest BCUT2D eigenvalue weighted by Gasteiger charge is -2.39. The van der Waals surface area contributed by atoms with Crippen molar-refractivity contribution < 1.29 is 9.84 Å². The van der Waals surface area contributed by atoms with Crippen molar-refractivity contribution >= 4 is 22.9 Å². The number of hydrogen-bond acceptors (Lipinski definition) is 4. The lowest BCUT2D eigenvalue weighted by atomic mass is 9.77. The molecule has 3 N–H and O–H groups in total. The highest BCUT2D eigenvalue weighted by Gasteiger charge is 2.40. The molecule has 2 atom stereocenters. The van der Waals surface area contributed by atoms with Gasteiger partial charge in [0, 0.05) is 23.4 Å². The summed E-state index contributed by atoms with van der Waals surface area (Å²) in [5.74, 6) is 0. The minimum atomic E-state index is -0.574. The van der Waals surface area contributed by atoms with Crippen LogP contribution in [-0.4, -0.2) is 24.9 Å². The quantitative estimate of drug-likeness (QED) is 0.877. The molecule has 2 unspecified atom stereocenters. The molecule has 1 aliphatic rings. The van der Waals surface area contributed by atoms with Crippen molar-refractivity contribution in [2.24, 2.45) is 11.1 Å². The van der Waals surface area contributed by atoms with Crippen LogP contribution < -0.4 is 5.73 Å². The first-order chi connectivity index (χ1) is 7.68. The van der Waals surface area contributed by atoms with Gasteiger partial charge in [0.2, 0.25) is 0 Å². The van der Waals surface area contributed by atoms with Gasteiger partial charge in [-0.3, -0.25) is 0 Å². The summed E-state index contributed by atoms with van der Waals surface area (Å²) in [6, 6.07) is 3.67. The molecule has 1 fully saturated rings. The van der Waals surface area contributed by atoms with E-state index in [1.54, 1.807) is 6.07 Å². The van der Waals surface area contributed by atoms with E-state index in [9.17, 15) is 5.11 Å². The molecule has 2 heterocycles. The number of hydrogen-bond donors (Lipinski definition) is 2. The van der Waals surface area contributed by atoms with Gasteiger partial charge in [0.1, 0.15) is 0 Å². The Morgan fingerprint density at radius 3 is 2.94 bits per heavy atom. The molecule has 1 aromatic rings. The van der Waals surface area contributed by atoms with Gasteiger partial charge in [-0.2, -0.15) is 0 Å². The first kappa shape index (κ1) is 12.3. The van der Waals surface area contributed by atoms with Gasteiger partial charge < -0.3 is 15.6 Å². The Hall–Kier alpha value is -0.130. The van der Waals surface area contributed by atoms with E-state index in [-0.39, 0.29) is 5.41 Å². The molecular weight excluding hydrogens is 246 g/mol. The molecule has 1 aromatic heterocycles. The molecule has 0 saturated carbocycles. The maximum atomic E-state index is 10.4. The second kappa shape index (κ2) is 5.02. The van der Waals surface area contributed by atoms with Crippen LogP contribution in [-0.2, 0) is 4.74 Å². The molecule has 0 aromatic carbocycles. The van der Waals surface area contributed by atoms with Gasteiger partial charge in [0.25, 0.3) is 0 Å². The van der Waals surface area contributed by atoms with Crippen molar-refractivity contribution in [2.45, 2.75) is 18.9 Å². The highest BCUT2D eigenvalue weighted by atomic mass is 35.5. The summed E-state index contributed by atoms with van der Waals surface area (Å²) < 4.78 is 6.15. The number of ether oxygens (including phenoxy) is 1. The Balaban J connectivity index is 2.20. The lowest BCUT2D eigenvalue weighted by molar-refractivity contribution is -0.0768. The average Bonchev–Trinajstić information content (AvgIpc) is 2.76. The molecule has 90 valence electrons. The number of aliphatic hydroxyl groups is 1. The second-order valence-corrected chi connectivity index (χ2v) is 6.01. The first-order valence-corrected chi connectivity index (χ1v) is 6.58. The van der Waals surface area contributed by atoms with Gasteiger partial charge in [0.15, 0.2) is 0 Å². The van der Waals surface area contributed by atoms with E-state index in [2.05, 4.69) is 0 Å². The van der Waals surface area contributed by atoms with Gasteiger partial charge in [-0.15, -0.1) is 11.3 Å². The molecule has 0 bridgehead atoms. The fourth-order valence-corrected chi connectivity index (χ4v) is 3.33.